The maximum Gasteiger partial charge on any atom is 0.238 e. The number of carbonyl (C=O) groups is 1. The number of benzene rings is 2. The van der Waals surface area contributed by atoms with Gasteiger partial charge in [0.1, 0.15) is 5.75 Å². The van der Waals surface area contributed by atoms with E-state index in [1.165, 1.54) is 0 Å². The SMILES string of the molecule is COc1ccc(CNC(C)C(=O)N(C)C)c2ccccc12. The monoisotopic (exact) mass is 286 g/mol. The predicted molar refractivity (Wildman–Crippen MR) is 85.5 cm³/mol. The lowest BCUT2D eigenvalue weighted by Gasteiger charge is -2.19. The lowest BCUT2D eigenvalue weighted by atomic mass is 10.0. The molecule has 1 amide bonds. The van der Waals surface area contributed by atoms with Crippen molar-refractivity contribution >= 4 is 16.7 Å². The first-order chi connectivity index (χ1) is 10.0. The maximum atomic E-state index is 11.9. The molecule has 2 rings (SSSR count). The highest BCUT2D eigenvalue weighted by molar-refractivity contribution is 5.91. The van der Waals surface area contributed by atoms with Crippen LogP contribution in [0.3, 0.4) is 0 Å². The zero-order chi connectivity index (χ0) is 15.4. The van der Waals surface area contributed by atoms with E-state index in [1.54, 1.807) is 26.1 Å². The van der Waals surface area contributed by atoms with E-state index in [0.717, 1.165) is 22.1 Å². The van der Waals surface area contributed by atoms with Crippen molar-refractivity contribution in [2.24, 2.45) is 0 Å². The normalized spacial score (nSPS) is 12.2. The Bertz CT molecular complexity index is 638. The average Bonchev–Trinajstić information content (AvgIpc) is 2.51. The van der Waals surface area contributed by atoms with Crippen molar-refractivity contribution in [1.29, 1.82) is 0 Å². The fourth-order valence-electron chi connectivity index (χ4n) is 2.40. The molecular weight excluding hydrogens is 264 g/mol. The van der Waals surface area contributed by atoms with E-state index in [9.17, 15) is 4.79 Å². The average molecular weight is 286 g/mol. The highest BCUT2D eigenvalue weighted by Crippen LogP contribution is 2.28. The number of methoxy groups -OCH3 is 1. The van der Waals surface area contributed by atoms with E-state index in [4.69, 9.17) is 4.74 Å². The van der Waals surface area contributed by atoms with Gasteiger partial charge in [0.15, 0.2) is 0 Å². The summed E-state index contributed by atoms with van der Waals surface area (Å²) in [5.74, 6) is 0.944. The van der Waals surface area contributed by atoms with Crippen LogP contribution in [0, 0.1) is 0 Å². The second-order valence-corrected chi connectivity index (χ2v) is 5.31. The quantitative estimate of drug-likeness (QED) is 0.918. The molecule has 112 valence electrons. The minimum atomic E-state index is -0.208. The molecule has 0 aromatic heterocycles. The molecule has 4 heteroatoms. The second kappa shape index (κ2) is 6.59. The van der Waals surface area contributed by atoms with E-state index in [0.29, 0.717) is 6.54 Å². The van der Waals surface area contributed by atoms with Gasteiger partial charge in [-0.25, -0.2) is 0 Å². The summed E-state index contributed by atoms with van der Waals surface area (Å²) in [6.45, 7) is 2.53. The fourth-order valence-corrected chi connectivity index (χ4v) is 2.40. The minimum absolute atomic E-state index is 0.0767. The number of hydrogen-bond donors (Lipinski definition) is 1. The predicted octanol–water partition coefficient (Wildman–Crippen LogP) is 2.41. The molecule has 1 N–H and O–H groups in total. The van der Waals surface area contributed by atoms with Crippen molar-refractivity contribution in [3.63, 3.8) is 0 Å². The van der Waals surface area contributed by atoms with Crippen LogP contribution in [0.2, 0.25) is 0 Å². The van der Waals surface area contributed by atoms with Crippen molar-refractivity contribution < 1.29 is 9.53 Å². The molecule has 0 aliphatic carbocycles. The zero-order valence-corrected chi connectivity index (χ0v) is 13.0. The van der Waals surface area contributed by atoms with Crippen LogP contribution < -0.4 is 10.1 Å². The van der Waals surface area contributed by atoms with Crippen LogP contribution in [-0.4, -0.2) is 38.1 Å². The van der Waals surface area contributed by atoms with Crippen LogP contribution in [0.5, 0.6) is 5.75 Å². The van der Waals surface area contributed by atoms with Gasteiger partial charge in [-0.05, 0) is 23.9 Å². The molecule has 0 saturated carbocycles. The van der Waals surface area contributed by atoms with E-state index >= 15 is 0 Å². The summed E-state index contributed by atoms with van der Waals surface area (Å²) >= 11 is 0. The van der Waals surface area contributed by atoms with Gasteiger partial charge in [-0.3, -0.25) is 4.79 Å². The van der Waals surface area contributed by atoms with Crippen molar-refractivity contribution in [2.45, 2.75) is 19.5 Å². The van der Waals surface area contributed by atoms with E-state index < -0.39 is 0 Å². The summed E-state index contributed by atoms with van der Waals surface area (Å²) in [7, 11) is 5.21. The fraction of sp³-hybridized carbons (Fsp3) is 0.353. The molecular formula is C17H22N2O2. The number of fused-ring (bicyclic) bond motifs is 1. The molecule has 4 nitrogen and oxygen atoms in total. The van der Waals surface area contributed by atoms with Gasteiger partial charge in [0, 0.05) is 26.0 Å². The number of nitrogens with one attached hydrogen (secondary N) is 1. The number of amides is 1. The largest absolute Gasteiger partial charge is 0.496 e. The minimum Gasteiger partial charge on any atom is -0.496 e. The van der Waals surface area contributed by atoms with Gasteiger partial charge in [-0.2, -0.15) is 0 Å². The molecule has 2 aromatic rings. The van der Waals surface area contributed by atoms with Gasteiger partial charge < -0.3 is 15.0 Å². The molecule has 2 aromatic carbocycles. The topological polar surface area (TPSA) is 41.6 Å². The van der Waals surface area contributed by atoms with E-state index in [-0.39, 0.29) is 11.9 Å². The maximum absolute atomic E-state index is 11.9. The summed E-state index contributed by atoms with van der Waals surface area (Å²) in [4.78, 5) is 13.5. The summed E-state index contributed by atoms with van der Waals surface area (Å²) in [6.07, 6.45) is 0. The highest BCUT2D eigenvalue weighted by Gasteiger charge is 2.14. The van der Waals surface area contributed by atoms with Crippen LogP contribution in [0.1, 0.15) is 12.5 Å². The van der Waals surface area contributed by atoms with Gasteiger partial charge in [0.05, 0.1) is 13.2 Å². The molecule has 0 spiro atoms. The first-order valence-corrected chi connectivity index (χ1v) is 7.03. The smallest absolute Gasteiger partial charge is 0.238 e. The van der Waals surface area contributed by atoms with Gasteiger partial charge >= 0.3 is 0 Å². The van der Waals surface area contributed by atoms with Crippen molar-refractivity contribution in [3.05, 3.63) is 42.0 Å². The number of likely N-dealkylation sites (N-methyl/N-ethyl adjacent to an activating group) is 1. The number of ether oxygens (including phenoxy) is 1. The molecule has 1 unspecified atom stereocenters. The van der Waals surface area contributed by atoms with Crippen molar-refractivity contribution in [2.75, 3.05) is 21.2 Å². The number of hydrogen-bond acceptors (Lipinski definition) is 3. The molecule has 0 aliphatic rings. The number of carbonyl (C=O) groups excluding carboxylic acids is 1. The standard InChI is InChI=1S/C17H22N2O2/c1-12(17(20)19(2)3)18-11-13-9-10-16(21-4)15-8-6-5-7-14(13)15/h5-10,12,18H,11H2,1-4H3. The number of rotatable bonds is 5. The Kier molecular flexibility index (Phi) is 4.81. The molecule has 0 saturated heterocycles. The van der Waals surface area contributed by atoms with E-state index in [1.807, 2.05) is 37.3 Å². The third-order valence-corrected chi connectivity index (χ3v) is 3.60. The zero-order valence-electron chi connectivity index (χ0n) is 13.0. The molecule has 0 radical (unpaired) electrons. The number of nitrogens with zero attached hydrogens (tertiary/aromatic N) is 1. The first-order valence-electron chi connectivity index (χ1n) is 7.03. The van der Waals surface area contributed by atoms with Crippen LogP contribution >= 0.6 is 0 Å². The van der Waals surface area contributed by atoms with Crippen LogP contribution in [0.4, 0.5) is 0 Å². The third-order valence-electron chi connectivity index (χ3n) is 3.60. The summed E-state index contributed by atoms with van der Waals surface area (Å²) in [6, 6.07) is 11.9. The van der Waals surface area contributed by atoms with Gasteiger partial charge in [0.25, 0.3) is 0 Å². The molecule has 1 atom stereocenters. The van der Waals surface area contributed by atoms with Gasteiger partial charge in [0.2, 0.25) is 5.91 Å². The van der Waals surface area contributed by atoms with Crippen LogP contribution in [0.25, 0.3) is 10.8 Å². The molecule has 0 heterocycles. The molecule has 0 bridgehead atoms. The lowest BCUT2D eigenvalue weighted by Crippen LogP contribution is -2.41. The highest BCUT2D eigenvalue weighted by atomic mass is 16.5. The Morgan fingerprint density at radius 3 is 2.48 bits per heavy atom. The Hall–Kier alpha value is -2.07. The van der Waals surface area contributed by atoms with Crippen LogP contribution in [-0.2, 0) is 11.3 Å². The second-order valence-electron chi connectivity index (χ2n) is 5.31. The van der Waals surface area contributed by atoms with Gasteiger partial charge in [-0.15, -0.1) is 0 Å². The molecule has 0 aliphatic heterocycles. The Morgan fingerprint density at radius 2 is 1.86 bits per heavy atom. The summed E-state index contributed by atoms with van der Waals surface area (Å²) in [5, 5.41) is 5.51. The lowest BCUT2D eigenvalue weighted by molar-refractivity contribution is -0.130. The molecule has 0 fully saturated rings. The summed E-state index contributed by atoms with van der Waals surface area (Å²) < 4.78 is 5.40. The Balaban J connectivity index is 2.22. The Morgan fingerprint density at radius 1 is 1.19 bits per heavy atom. The van der Waals surface area contributed by atoms with Gasteiger partial charge in [-0.1, -0.05) is 30.3 Å². The molecule has 21 heavy (non-hydrogen) atoms. The van der Waals surface area contributed by atoms with Crippen molar-refractivity contribution in [1.82, 2.24) is 10.2 Å². The Labute approximate surface area is 125 Å². The third kappa shape index (κ3) is 3.34. The van der Waals surface area contributed by atoms with E-state index in [2.05, 4.69) is 11.4 Å². The van der Waals surface area contributed by atoms with Crippen LogP contribution in [0.15, 0.2) is 36.4 Å². The van der Waals surface area contributed by atoms with Crippen molar-refractivity contribution in [3.8, 4) is 5.75 Å². The first kappa shape index (κ1) is 15.3. The summed E-state index contributed by atoms with van der Waals surface area (Å²) in [5.41, 5.74) is 1.16.